The molecule has 1 aromatic rings. The van der Waals surface area contributed by atoms with Crippen LogP contribution in [0.5, 0.6) is 0 Å². The van der Waals surface area contributed by atoms with Crippen molar-refractivity contribution in [3.8, 4) is 0 Å². The molecule has 0 saturated carbocycles. The maximum atomic E-state index is 12.5. The molecule has 3 N–H and O–H groups in total. The maximum absolute atomic E-state index is 12.5. The van der Waals surface area contributed by atoms with Gasteiger partial charge in [-0.05, 0) is 39.0 Å². The van der Waals surface area contributed by atoms with E-state index in [9.17, 15) is 18.0 Å². The second kappa shape index (κ2) is 9.65. The summed E-state index contributed by atoms with van der Waals surface area (Å²) in [7, 11) is -0.673. The molecule has 0 aliphatic heterocycles. The predicted octanol–water partition coefficient (Wildman–Crippen LogP) is -0.695. The van der Waals surface area contributed by atoms with Crippen LogP contribution in [0, 0.1) is 0 Å². The topological polar surface area (TPSA) is 100 Å². The summed E-state index contributed by atoms with van der Waals surface area (Å²) in [5.74, 6) is -0.381. The molecule has 2 atom stereocenters. The third kappa shape index (κ3) is 5.79. The zero-order chi connectivity index (χ0) is 19.9. The van der Waals surface area contributed by atoms with E-state index in [0.29, 0.717) is 18.8 Å². The minimum absolute atomic E-state index is 0.106. The lowest BCUT2D eigenvalue weighted by Crippen LogP contribution is -3.17. The molecule has 2 amide bonds. The molecule has 0 spiro atoms. The van der Waals surface area contributed by atoms with E-state index in [4.69, 9.17) is 0 Å². The molecule has 0 radical (unpaired) electrons. The van der Waals surface area contributed by atoms with Crippen LogP contribution in [-0.2, 0) is 19.6 Å². The fourth-order valence-corrected chi connectivity index (χ4v) is 3.38. The molecular formula is C17H29N4O4S+. The first-order chi connectivity index (χ1) is 12.1. The molecular weight excluding hydrogens is 356 g/mol. The van der Waals surface area contributed by atoms with Crippen LogP contribution >= 0.6 is 0 Å². The number of likely N-dealkylation sites (N-methyl/N-ethyl adjacent to an activating group) is 2. The molecule has 0 fully saturated rings. The van der Waals surface area contributed by atoms with Gasteiger partial charge >= 0.3 is 0 Å². The Kier molecular flexibility index (Phi) is 8.19. The predicted molar refractivity (Wildman–Crippen MR) is 100 cm³/mol. The van der Waals surface area contributed by atoms with Crippen molar-refractivity contribution >= 4 is 27.5 Å². The summed E-state index contributed by atoms with van der Waals surface area (Å²) in [5, 5.41) is 5.46. The quantitative estimate of drug-likeness (QED) is 0.524. The van der Waals surface area contributed by atoms with Gasteiger partial charge in [0.25, 0.3) is 11.8 Å². The lowest BCUT2D eigenvalue weighted by Gasteiger charge is -2.23. The molecule has 0 aliphatic rings. The Labute approximate surface area is 155 Å². The number of nitrogens with one attached hydrogen (secondary N) is 3. The van der Waals surface area contributed by atoms with Gasteiger partial charge in [0.15, 0.2) is 12.6 Å². The Morgan fingerprint density at radius 3 is 2.42 bits per heavy atom. The molecule has 8 nitrogen and oxygen atoms in total. The molecule has 1 aromatic carbocycles. The SMILES string of the molecule is CCNC(=O)C[NH+](CC)[C@@H](C)C(=O)Nc1cccc(S(=O)(=O)N(C)C)c1. The molecule has 9 heteroatoms. The first-order valence-corrected chi connectivity index (χ1v) is 10.0. The van der Waals surface area contributed by atoms with E-state index in [1.807, 2.05) is 13.8 Å². The molecule has 26 heavy (non-hydrogen) atoms. The number of benzene rings is 1. The molecule has 0 saturated heterocycles. The van der Waals surface area contributed by atoms with Gasteiger partial charge in [-0.1, -0.05) is 6.07 Å². The molecule has 0 aromatic heterocycles. The number of hydrogen-bond donors (Lipinski definition) is 3. The molecule has 1 rings (SSSR count). The number of carbonyl (C=O) groups is 2. The normalized spacial score (nSPS) is 13.9. The summed E-state index contributed by atoms with van der Waals surface area (Å²) >= 11 is 0. The Balaban J connectivity index is 2.88. The maximum Gasteiger partial charge on any atom is 0.282 e. The second-order valence-corrected chi connectivity index (χ2v) is 8.32. The highest BCUT2D eigenvalue weighted by atomic mass is 32.2. The smallest absolute Gasteiger partial charge is 0.282 e. The number of rotatable bonds is 9. The molecule has 1 unspecified atom stereocenters. The summed E-state index contributed by atoms with van der Waals surface area (Å²) in [6, 6.07) is 5.66. The third-order valence-electron chi connectivity index (χ3n) is 4.10. The minimum Gasteiger partial charge on any atom is -0.351 e. The van der Waals surface area contributed by atoms with Crippen LogP contribution in [0.15, 0.2) is 29.2 Å². The van der Waals surface area contributed by atoms with Crippen molar-refractivity contribution in [2.45, 2.75) is 31.7 Å². The first kappa shape index (κ1) is 22.1. The fraction of sp³-hybridized carbons (Fsp3) is 0.529. The zero-order valence-electron chi connectivity index (χ0n) is 16.0. The standard InChI is InChI=1S/C17H28N4O4S/c1-6-18-16(22)12-21(7-2)13(3)17(23)19-14-9-8-10-15(11-14)26(24,25)20(4)5/h8-11,13H,6-7,12H2,1-5H3,(H,18,22)(H,19,23)/p+1/t13-/m0/s1. The van der Waals surface area contributed by atoms with E-state index >= 15 is 0 Å². The average molecular weight is 386 g/mol. The van der Waals surface area contributed by atoms with E-state index in [1.54, 1.807) is 19.1 Å². The number of amides is 2. The number of quaternary nitrogens is 1. The molecule has 146 valence electrons. The van der Waals surface area contributed by atoms with E-state index < -0.39 is 16.1 Å². The van der Waals surface area contributed by atoms with Gasteiger partial charge in [-0.15, -0.1) is 0 Å². The van der Waals surface area contributed by atoms with Gasteiger partial charge in [0, 0.05) is 26.3 Å². The molecule has 0 heterocycles. The van der Waals surface area contributed by atoms with Crippen molar-refractivity contribution in [2.24, 2.45) is 0 Å². The summed E-state index contributed by atoms with van der Waals surface area (Å²) in [5.41, 5.74) is 0.401. The van der Waals surface area contributed by atoms with Crippen LogP contribution in [0.1, 0.15) is 20.8 Å². The van der Waals surface area contributed by atoms with E-state index in [0.717, 1.165) is 9.21 Å². The number of anilines is 1. The van der Waals surface area contributed by atoms with Gasteiger partial charge in [-0.3, -0.25) is 9.59 Å². The van der Waals surface area contributed by atoms with Gasteiger partial charge in [0.05, 0.1) is 11.4 Å². The monoisotopic (exact) mass is 385 g/mol. The van der Waals surface area contributed by atoms with Crippen molar-refractivity contribution in [3.05, 3.63) is 24.3 Å². The van der Waals surface area contributed by atoms with Crippen LogP contribution in [0.4, 0.5) is 5.69 Å². The number of hydrogen-bond acceptors (Lipinski definition) is 4. The van der Waals surface area contributed by atoms with Gasteiger partial charge < -0.3 is 15.5 Å². The zero-order valence-corrected chi connectivity index (χ0v) is 16.8. The summed E-state index contributed by atoms with van der Waals surface area (Å²) in [6.45, 7) is 6.85. The first-order valence-electron chi connectivity index (χ1n) is 8.58. The Hall–Kier alpha value is -1.97. The number of sulfonamides is 1. The van der Waals surface area contributed by atoms with Crippen LogP contribution in [0.2, 0.25) is 0 Å². The van der Waals surface area contributed by atoms with Crippen molar-refractivity contribution < 1.29 is 22.9 Å². The average Bonchev–Trinajstić information content (AvgIpc) is 2.59. The number of nitrogens with zero attached hydrogens (tertiary/aromatic N) is 1. The summed E-state index contributed by atoms with van der Waals surface area (Å²) < 4.78 is 25.5. The van der Waals surface area contributed by atoms with Gasteiger partial charge in [0.1, 0.15) is 0 Å². The van der Waals surface area contributed by atoms with Gasteiger partial charge in [-0.25, -0.2) is 12.7 Å². The second-order valence-electron chi connectivity index (χ2n) is 6.17. The van der Waals surface area contributed by atoms with E-state index in [2.05, 4.69) is 10.6 Å². The largest absolute Gasteiger partial charge is 0.351 e. The Morgan fingerprint density at radius 2 is 1.88 bits per heavy atom. The van der Waals surface area contributed by atoms with Crippen molar-refractivity contribution in [3.63, 3.8) is 0 Å². The highest BCUT2D eigenvalue weighted by Crippen LogP contribution is 2.17. The van der Waals surface area contributed by atoms with E-state index in [-0.39, 0.29) is 23.3 Å². The molecule has 0 aliphatic carbocycles. The Morgan fingerprint density at radius 1 is 1.23 bits per heavy atom. The van der Waals surface area contributed by atoms with Crippen LogP contribution in [0.25, 0.3) is 0 Å². The highest BCUT2D eigenvalue weighted by molar-refractivity contribution is 7.89. The lowest BCUT2D eigenvalue weighted by atomic mass is 10.2. The van der Waals surface area contributed by atoms with Crippen molar-refractivity contribution in [1.29, 1.82) is 0 Å². The Bertz CT molecular complexity index is 734. The summed E-state index contributed by atoms with van der Waals surface area (Å²) in [6.07, 6.45) is 0. The highest BCUT2D eigenvalue weighted by Gasteiger charge is 2.26. The lowest BCUT2D eigenvalue weighted by molar-refractivity contribution is -0.904. The van der Waals surface area contributed by atoms with Gasteiger partial charge in [-0.2, -0.15) is 0 Å². The van der Waals surface area contributed by atoms with Crippen molar-refractivity contribution in [1.82, 2.24) is 9.62 Å². The fourth-order valence-electron chi connectivity index (χ4n) is 2.43. The number of carbonyl (C=O) groups excluding carboxylic acids is 2. The van der Waals surface area contributed by atoms with Crippen LogP contribution in [0.3, 0.4) is 0 Å². The van der Waals surface area contributed by atoms with E-state index in [1.165, 1.54) is 26.2 Å². The van der Waals surface area contributed by atoms with Crippen LogP contribution in [-0.4, -0.2) is 64.3 Å². The molecule has 0 bridgehead atoms. The minimum atomic E-state index is -3.57. The van der Waals surface area contributed by atoms with Crippen LogP contribution < -0.4 is 15.5 Å². The van der Waals surface area contributed by atoms with Crippen molar-refractivity contribution in [2.75, 3.05) is 39.0 Å². The third-order valence-corrected chi connectivity index (χ3v) is 5.91. The summed E-state index contributed by atoms with van der Waals surface area (Å²) in [4.78, 5) is 25.2. The van der Waals surface area contributed by atoms with Gasteiger partial charge in [0.2, 0.25) is 10.0 Å².